The molecular formula is C15H24N4O2. The van der Waals surface area contributed by atoms with Crippen molar-refractivity contribution >= 4 is 11.9 Å². The highest BCUT2D eigenvalue weighted by molar-refractivity contribution is 5.68. The number of pyridine rings is 1. The van der Waals surface area contributed by atoms with E-state index >= 15 is 0 Å². The van der Waals surface area contributed by atoms with Gasteiger partial charge in [-0.3, -0.25) is 0 Å². The minimum Gasteiger partial charge on any atom is -0.444 e. The molecular weight excluding hydrogens is 268 g/mol. The standard InChI is InChI=1S/C15H24N4O2/c1-15(2,3)21-14(20)19-8-6-18(7-9-19)13-5-4-12(10-16)11-17-13/h4-5,11H,6-10,16H2,1-3H3. The van der Waals surface area contributed by atoms with Crippen molar-refractivity contribution in [3.05, 3.63) is 23.9 Å². The Morgan fingerprint density at radius 2 is 1.95 bits per heavy atom. The molecule has 6 heteroatoms. The van der Waals surface area contributed by atoms with Gasteiger partial charge in [-0.25, -0.2) is 9.78 Å². The van der Waals surface area contributed by atoms with Gasteiger partial charge in [-0.05, 0) is 32.4 Å². The molecule has 1 amide bonds. The highest BCUT2D eigenvalue weighted by atomic mass is 16.6. The second kappa shape index (κ2) is 6.30. The number of ether oxygens (including phenoxy) is 1. The van der Waals surface area contributed by atoms with Crippen LogP contribution in [0, 0.1) is 0 Å². The molecule has 1 aliphatic heterocycles. The van der Waals surface area contributed by atoms with Crippen LogP contribution in [-0.4, -0.2) is 47.8 Å². The van der Waals surface area contributed by atoms with Crippen LogP contribution in [0.15, 0.2) is 18.3 Å². The molecule has 2 heterocycles. The summed E-state index contributed by atoms with van der Waals surface area (Å²) in [7, 11) is 0. The highest BCUT2D eigenvalue weighted by Gasteiger charge is 2.26. The number of anilines is 1. The number of carbonyl (C=O) groups excluding carboxylic acids is 1. The first-order valence-corrected chi connectivity index (χ1v) is 7.27. The first-order chi connectivity index (χ1) is 9.89. The Bertz CT molecular complexity index is 473. The Balaban J connectivity index is 1.89. The number of hydrogen-bond acceptors (Lipinski definition) is 5. The lowest BCUT2D eigenvalue weighted by Gasteiger charge is -2.36. The van der Waals surface area contributed by atoms with E-state index < -0.39 is 5.60 Å². The van der Waals surface area contributed by atoms with E-state index in [9.17, 15) is 4.79 Å². The van der Waals surface area contributed by atoms with E-state index in [1.165, 1.54) is 0 Å². The van der Waals surface area contributed by atoms with Crippen LogP contribution in [0.5, 0.6) is 0 Å². The van der Waals surface area contributed by atoms with Gasteiger partial charge in [0, 0.05) is 38.9 Å². The second-order valence-corrected chi connectivity index (χ2v) is 6.18. The Morgan fingerprint density at radius 1 is 1.29 bits per heavy atom. The van der Waals surface area contributed by atoms with Crippen LogP contribution in [0.25, 0.3) is 0 Å². The van der Waals surface area contributed by atoms with Crippen molar-refractivity contribution < 1.29 is 9.53 Å². The number of hydrogen-bond donors (Lipinski definition) is 1. The molecule has 0 bridgehead atoms. The van der Waals surface area contributed by atoms with Crippen LogP contribution in [0.3, 0.4) is 0 Å². The normalized spacial score (nSPS) is 16.0. The minimum atomic E-state index is -0.451. The molecule has 0 saturated carbocycles. The predicted molar refractivity (Wildman–Crippen MR) is 82.1 cm³/mol. The number of aromatic nitrogens is 1. The van der Waals surface area contributed by atoms with Crippen molar-refractivity contribution in [3.8, 4) is 0 Å². The number of amides is 1. The van der Waals surface area contributed by atoms with Crippen LogP contribution in [0.2, 0.25) is 0 Å². The van der Waals surface area contributed by atoms with E-state index in [1.54, 1.807) is 11.1 Å². The molecule has 1 fully saturated rings. The summed E-state index contributed by atoms with van der Waals surface area (Å²) in [5.74, 6) is 0.927. The lowest BCUT2D eigenvalue weighted by Crippen LogP contribution is -2.50. The number of nitrogens with zero attached hydrogens (tertiary/aromatic N) is 3. The minimum absolute atomic E-state index is 0.242. The van der Waals surface area contributed by atoms with Gasteiger partial charge < -0.3 is 20.3 Å². The van der Waals surface area contributed by atoms with Gasteiger partial charge in [-0.2, -0.15) is 0 Å². The molecule has 1 aromatic heterocycles. The third-order valence-corrected chi connectivity index (χ3v) is 3.30. The maximum Gasteiger partial charge on any atom is 0.410 e. The molecule has 2 N–H and O–H groups in total. The second-order valence-electron chi connectivity index (χ2n) is 6.18. The van der Waals surface area contributed by atoms with Crippen molar-refractivity contribution in [2.75, 3.05) is 31.1 Å². The summed E-state index contributed by atoms with van der Waals surface area (Å²) in [5, 5.41) is 0. The summed E-state index contributed by atoms with van der Waals surface area (Å²) < 4.78 is 5.39. The summed E-state index contributed by atoms with van der Waals surface area (Å²) in [6, 6.07) is 3.97. The maximum absolute atomic E-state index is 12.0. The van der Waals surface area contributed by atoms with Gasteiger partial charge in [0.2, 0.25) is 0 Å². The van der Waals surface area contributed by atoms with Gasteiger partial charge in [0.15, 0.2) is 0 Å². The molecule has 21 heavy (non-hydrogen) atoms. The molecule has 6 nitrogen and oxygen atoms in total. The monoisotopic (exact) mass is 292 g/mol. The average molecular weight is 292 g/mol. The van der Waals surface area contributed by atoms with Crippen molar-refractivity contribution in [3.63, 3.8) is 0 Å². The first kappa shape index (κ1) is 15.6. The van der Waals surface area contributed by atoms with Gasteiger partial charge in [-0.1, -0.05) is 6.07 Å². The summed E-state index contributed by atoms with van der Waals surface area (Å²) >= 11 is 0. The van der Waals surface area contributed by atoms with Crippen molar-refractivity contribution in [2.24, 2.45) is 5.73 Å². The third kappa shape index (κ3) is 4.32. The summed E-state index contributed by atoms with van der Waals surface area (Å²) in [6.07, 6.45) is 1.56. The first-order valence-electron chi connectivity index (χ1n) is 7.27. The number of nitrogens with two attached hydrogens (primary N) is 1. The zero-order chi connectivity index (χ0) is 15.5. The van der Waals surface area contributed by atoms with Crippen LogP contribution >= 0.6 is 0 Å². The molecule has 116 valence electrons. The largest absolute Gasteiger partial charge is 0.444 e. The molecule has 0 unspecified atom stereocenters. The molecule has 0 aliphatic carbocycles. The fraction of sp³-hybridized carbons (Fsp3) is 0.600. The van der Waals surface area contributed by atoms with E-state index in [2.05, 4.69) is 9.88 Å². The van der Waals surface area contributed by atoms with Gasteiger partial charge in [-0.15, -0.1) is 0 Å². The Morgan fingerprint density at radius 3 is 2.43 bits per heavy atom. The third-order valence-electron chi connectivity index (χ3n) is 3.30. The molecule has 2 rings (SSSR count). The molecule has 0 aromatic carbocycles. The smallest absolute Gasteiger partial charge is 0.410 e. The summed E-state index contributed by atoms with van der Waals surface area (Å²) in [4.78, 5) is 20.3. The van der Waals surface area contributed by atoms with E-state index in [4.69, 9.17) is 10.5 Å². The van der Waals surface area contributed by atoms with E-state index in [-0.39, 0.29) is 6.09 Å². The van der Waals surface area contributed by atoms with Crippen LogP contribution in [-0.2, 0) is 11.3 Å². The van der Waals surface area contributed by atoms with Gasteiger partial charge in [0.1, 0.15) is 11.4 Å². The number of piperazine rings is 1. The Labute approximate surface area is 125 Å². The summed E-state index contributed by atoms with van der Waals surface area (Å²) in [6.45, 7) is 8.95. The topological polar surface area (TPSA) is 71.7 Å². The highest BCUT2D eigenvalue weighted by Crippen LogP contribution is 2.16. The zero-order valence-corrected chi connectivity index (χ0v) is 13.0. The van der Waals surface area contributed by atoms with Crippen molar-refractivity contribution in [2.45, 2.75) is 32.9 Å². The number of carbonyl (C=O) groups is 1. The quantitative estimate of drug-likeness (QED) is 0.896. The van der Waals surface area contributed by atoms with Crippen LogP contribution in [0.1, 0.15) is 26.3 Å². The molecule has 0 atom stereocenters. The SMILES string of the molecule is CC(C)(C)OC(=O)N1CCN(c2ccc(CN)cn2)CC1. The van der Waals surface area contributed by atoms with E-state index in [1.807, 2.05) is 32.9 Å². The summed E-state index contributed by atoms with van der Waals surface area (Å²) in [5.41, 5.74) is 6.14. The maximum atomic E-state index is 12.0. The Kier molecular flexibility index (Phi) is 4.67. The Hall–Kier alpha value is -1.82. The molecule has 1 aliphatic rings. The fourth-order valence-electron chi connectivity index (χ4n) is 2.17. The van der Waals surface area contributed by atoms with Gasteiger partial charge in [0.05, 0.1) is 0 Å². The molecule has 0 radical (unpaired) electrons. The zero-order valence-electron chi connectivity index (χ0n) is 13.0. The molecule has 1 aromatic rings. The lowest BCUT2D eigenvalue weighted by molar-refractivity contribution is 0.0240. The molecule has 0 spiro atoms. The lowest BCUT2D eigenvalue weighted by atomic mass is 10.2. The average Bonchev–Trinajstić information content (AvgIpc) is 2.46. The number of rotatable bonds is 2. The van der Waals surface area contributed by atoms with Gasteiger partial charge >= 0.3 is 6.09 Å². The van der Waals surface area contributed by atoms with E-state index in [0.29, 0.717) is 19.6 Å². The van der Waals surface area contributed by atoms with Gasteiger partial charge in [0.25, 0.3) is 0 Å². The van der Waals surface area contributed by atoms with E-state index in [0.717, 1.165) is 24.5 Å². The predicted octanol–water partition coefficient (Wildman–Crippen LogP) is 1.60. The van der Waals surface area contributed by atoms with Crippen molar-refractivity contribution in [1.82, 2.24) is 9.88 Å². The van der Waals surface area contributed by atoms with Crippen molar-refractivity contribution in [1.29, 1.82) is 0 Å². The van der Waals surface area contributed by atoms with Crippen LogP contribution < -0.4 is 10.6 Å². The molecule has 1 saturated heterocycles. The van der Waals surface area contributed by atoms with Crippen LogP contribution in [0.4, 0.5) is 10.6 Å². The fourth-order valence-corrected chi connectivity index (χ4v) is 2.17.